The lowest BCUT2D eigenvalue weighted by Crippen LogP contribution is -2.38. The van der Waals surface area contributed by atoms with Crippen molar-refractivity contribution < 1.29 is 14.3 Å². The van der Waals surface area contributed by atoms with E-state index in [4.69, 9.17) is 4.74 Å². The van der Waals surface area contributed by atoms with E-state index in [0.717, 1.165) is 36.7 Å². The number of benzene rings is 1. The first-order valence-corrected chi connectivity index (χ1v) is 10.5. The average Bonchev–Trinajstić information content (AvgIpc) is 2.66. The van der Waals surface area contributed by atoms with Crippen molar-refractivity contribution in [3.63, 3.8) is 0 Å². The van der Waals surface area contributed by atoms with Gasteiger partial charge in [0.15, 0.2) is 6.61 Å². The van der Waals surface area contributed by atoms with Crippen LogP contribution in [-0.2, 0) is 14.3 Å². The third-order valence-corrected chi connectivity index (χ3v) is 5.47. The second-order valence-corrected chi connectivity index (χ2v) is 7.75. The summed E-state index contributed by atoms with van der Waals surface area (Å²) in [5.41, 5.74) is 1.60. The standard InChI is InChI=1S/C20H25N3O3S/c24-18(22-15-8-4-2-1-3-5-9-15)13-26-20(25)14-27-19-12-21-16-10-6-7-11-17(16)23-19/h6-7,10-12,15H,1-5,8-9,13-14H2,(H,22,24). The Labute approximate surface area is 163 Å². The number of amides is 1. The summed E-state index contributed by atoms with van der Waals surface area (Å²) in [4.78, 5) is 32.7. The zero-order chi connectivity index (χ0) is 18.9. The van der Waals surface area contributed by atoms with Crippen LogP contribution in [0.25, 0.3) is 11.0 Å². The number of thioether (sulfide) groups is 1. The molecule has 7 heteroatoms. The molecule has 0 radical (unpaired) electrons. The summed E-state index contributed by atoms with van der Waals surface area (Å²) < 4.78 is 5.09. The summed E-state index contributed by atoms with van der Waals surface area (Å²) in [5, 5.41) is 3.65. The van der Waals surface area contributed by atoms with Gasteiger partial charge >= 0.3 is 5.97 Å². The van der Waals surface area contributed by atoms with Gasteiger partial charge in [-0.05, 0) is 25.0 Å². The van der Waals surface area contributed by atoms with Crippen LogP contribution in [0.3, 0.4) is 0 Å². The molecule has 1 aliphatic carbocycles. The number of aromatic nitrogens is 2. The van der Waals surface area contributed by atoms with Gasteiger partial charge in [-0.2, -0.15) is 0 Å². The second kappa shape index (κ2) is 10.3. The Balaban J connectivity index is 1.38. The lowest BCUT2D eigenvalue weighted by atomic mass is 9.97. The van der Waals surface area contributed by atoms with E-state index in [-0.39, 0.29) is 24.3 Å². The van der Waals surface area contributed by atoms with Crippen molar-refractivity contribution >= 4 is 34.7 Å². The van der Waals surface area contributed by atoms with Crippen LogP contribution >= 0.6 is 11.8 Å². The Morgan fingerprint density at radius 3 is 2.56 bits per heavy atom. The Hall–Kier alpha value is -2.15. The molecule has 1 fully saturated rings. The summed E-state index contributed by atoms with van der Waals surface area (Å²) in [6.07, 6.45) is 9.71. The Kier molecular flexibility index (Phi) is 7.45. The highest BCUT2D eigenvalue weighted by Crippen LogP contribution is 2.18. The maximum atomic E-state index is 12.0. The Morgan fingerprint density at radius 1 is 1.07 bits per heavy atom. The highest BCUT2D eigenvalue weighted by molar-refractivity contribution is 7.99. The van der Waals surface area contributed by atoms with Crippen LogP contribution < -0.4 is 5.32 Å². The van der Waals surface area contributed by atoms with Crippen molar-refractivity contribution in [1.82, 2.24) is 15.3 Å². The molecule has 27 heavy (non-hydrogen) atoms. The van der Waals surface area contributed by atoms with Crippen LogP contribution in [0.15, 0.2) is 35.5 Å². The molecule has 2 aromatic rings. The van der Waals surface area contributed by atoms with E-state index in [1.165, 1.54) is 31.0 Å². The first kappa shape index (κ1) is 19.6. The van der Waals surface area contributed by atoms with Crippen molar-refractivity contribution in [2.75, 3.05) is 12.4 Å². The number of hydrogen-bond donors (Lipinski definition) is 1. The van der Waals surface area contributed by atoms with Crippen LogP contribution in [0, 0.1) is 0 Å². The van der Waals surface area contributed by atoms with E-state index < -0.39 is 5.97 Å². The van der Waals surface area contributed by atoms with Crippen LogP contribution in [0.4, 0.5) is 0 Å². The summed E-state index contributed by atoms with van der Waals surface area (Å²) >= 11 is 1.26. The topological polar surface area (TPSA) is 81.2 Å². The lowest BCUT2D eigenvalue weighted by Gasteiger charge is -2.20. The molecule has 6 nitrogen and oxygen atoms in total. The van der Waals surface area contributed by atoms with E-state index in [0.29, 0.717) is 5.03 Å². The quantitative estimate of drug-likeness (QED) is 0.604. The maximum Gasteiger partial charge on any atom is 0.316 e. The van der Waals surface area contributed by atoms with E-state index in [1.807, 2.05) is 24.3 Å². The molecule has 0 atom stereocenters. The van der Waals surface area contributed by atoms with Gasteiger partial charge in [-0.3, -0.25) is 14.6 Å². The highest BCUT2D eigenvalue weighted by atomic mass is 32.2. The number of carbonyl (C=O) groups excluding carboxylic acids is 2. The smallest absolute Gasteiger partial charge is 0.316 e. The van der Waals surface area contributed by atoms with Gasteiger partial charge in [0, 0.05) is 6.04 Å². The molecular weight excluding hydrogens is 362 g/mol. The van der Waals surface area contributed by atoms with Crippen LogP contribution in [0.2, 0.25) is 0 Å². The fourth-order valence-electron chi connectivity index (χ4n) is 3.20. The van der Waals surface area contributed by atoms with Gasteiger partial charge in [0.05, 0.1) is 23.0 Å². The van der Waals surface area contributed by atoms with Crippen LogP contribution in [-0.4, -0.2) is 40.2 Å². The van der Waals surface area contributed by atoms with Crippen molar-refractivity contribution in [1.29, 1.82) is 0 Å². The molecule has 1 aromatic carbocycles. The number of ether oxygens (including phenoxy) is 1. The monoisotopic (exact) mass is 387 g/mol. The van der Waals surface area contributed by atoms with Crippen molar-refractivity contribution in [2.45, 2.75) is 56.0 Å². The second-order valence-electron chi connectivity index (χ2n) is 6.76. The predicted octanol–water partition coefficient (Wildman–Crippen LogP) is 3.49. The minimum absolute atomic E-state index is 0.101. The predicted molar refractivity (Wildman–Crippen MR) is 105 cm³/mol. The largest absolute Gasteiger partial charge is 0.455 e. The molecular formula is C20H25N3O3S. The molecule has 0 unspecified atom stereocenters. The Morgan fingerprint density at radius 2 is 1.78 bits per heavy atom. The van der Waals surface area contributed by atoms with Gasteiger partial charge in [-0.1, -0.05) is 56.0 Å². The molecule has 0 bridgehead atoms. The number of hydrogen-bond acceptors (Lipinski definition) is 6. The summed E-state index contributed by atoms with van der Waals surface area (Å²) in [5.74, 6) is -0.545. The zero-order valence-electron chi connectivity index (χ0n) is 15.4. The molecule has 1 heterocycles. The van der Waals surface area contributed by atoms with Gasteiger partial charge in [0.25, 0.3) is 5.91 Å². The van der Waals surface area contributed by atoms with Gasteiger partial charge in [0.2, 0.25) is 0 Å². The number of nitrogens with zero attached hydrogens (tertiary/aromatic N) is 2. The number of para-hydroxylation sites is 2. The molecule has 3 rings (SSSR count). The van der Waals surface area contributed by atoms with Crippen LogP contribution in [0.5, 0.6) is 0 Å². The fraction of sp³-hybridized carbons (Fsp3) is 0.500. The summed E-state index contributed by atoms with van der Waals surface area (Å²) in [6.45, 7) is -0.223. The molecule has 1 aromatic heterocycles. The SMILES string of the molecule is O=C(COC(=O)CSc1cnc2ccccc2n1)NC1CCCCCCC1. The third kappa shape index (κ3) is 6.50. The lowest BCUT2D eigenvalue weighted by molar-refractivity contribution is -0.146. The molecule has 1 saturated carbocycles. The number of rotatable bonds is 6. The van der Waals surface area contributed by atoms with Gasteiger partial charge in [0.1, 0.15) is 5.03 Å². The fourth-order valence-corrected chi connectivity index (χ4v) is 3.84. The minimum Gasteiger partial charge on any atom is -0.455 e. The minimum atomic E-state index is -0.428. The van der Waals surface area contributed by atoms with Crippen molar-refractivity contribution in [3.05, 3.63) is 30.5 Å². The van der Waals surface area contributed by atoms with E-state index >= 15 is 0 Å². The number of nitrogens with one attached hydrogen (secondary N) is 1. The number of carbonyl (C=O) groups is 2. The molecule has 0 spiro atoms. The molecule has 144 valence electrons. The summed E-state index contributed by atoms with van der Waals surface area (Å²) in [6, 6.07) is 7.78. The third-order valence-electron chi connectivity index (χ3n) is 4.60. The summed E-state index contributed by atoms with van der Waals surface area (Å²) in [7, 11) is 0. The molecule has 0 saturated heterocycles. The molecule has 0 aliphatic heterocycles. The highest BCUT2D eigenvalue weighted by Gasteiger charge is 2.15. The van der Waals surface area contributed by atoms with Gasteiger partial charge < -0.3 is 10.1 Å². The van der Waals surface area contributed by atoms with Crippen LogP contribution in [0.1, 0.15) is 44.9 Å². The number of fused-ring (bicyclic) bond motifs is 1. The van der Waals surface area contributed by atoms with Crippen molar-refractivity contribution in [3.8, 4) is 0 Å². The van der Waals surface area contributed by atoms with E-state index in [9.17, 15) is 9.59 Å². The zero-order valence-corrected chi connectivity index (χ0v) is 16.2. The average molecular weight is 388 g/mol. The van der Waals surface area contributed by atoms with E-state index in [2.05, 4.69) is 15.3 Å². The normalized spacial score (nSPS) is 15.7. The first-order chi connectivity index (χ1) is 13.2. The van der Waals surface area contributed by atoms with Crippen molar-refractivity contribution in [2.24, 2.45) is 0 Å². The molecule has 1 amide bonds. The Bertz CT molecular complexity index is 776. The maximum absolute atomic E-state index is 12.0. The van der Waals surface area contributed by atoms with Gasteiger partial charge in [-0.15, -0.1) is 0 Å². The van der Waals surface area contributed by atoms with Gasteiger partial charge in [-0.25, -0.2) is 4.98 Å². The first-order valence-electron chi connectivity index (χ1n) is 9.50. The molecule has 1 aliphatic rings. The molecule has 1 N–H and O–H groups in total. The van der Waals surface area contributed by atoms with E-state index in [1.54, 1.807) is 6.20 Å². The number of esters is 1.